The summed E-state index contributed by atoms with van der Waals surface area (Å²) in [7, 11) is 0. The minimum absolute atomic E-state index is 0.0399. The van der Waals surface area contributed by atoms with E-state index in [4.69, 9.17) is 0 Å². The summed E-state index contributed by atoms with van der Waals surface area (Å²) in [6, 6.07) is 4.53. The van der Waals surface area contributed by atoms with Gasteiger partial charge in [-0.25, -0.2) is 9.07 Å². The highest BCUT2D eigenvalue weighted by Gasteiger charge is 2.14. The van der Waals surface area contributed by atoms with Gasteiger partial charge in [-0.15, -0.1) is 0 Å². The molecule has 0 unspecified atom stereocenters. The van der Waals surface area contributed by atoms with Crippen molar-refractivity contribution in [2.45, 2.75) is 20.8 Å². The van der Waals surface area contributed by atoms with Gasteiger partial charge >= 0.3 is 0 Å². The SMILES string of the molecule is Cc1nn(-c2cccc(F)c2C=O)c(C)c1C. The molecule has 1 aromatic heterocycles. The average Bonchev–Trinajstić information content (AvgIpc) is 2.56. The molecule has 0 saturated carbocycles. The Morgan fingerprint density at radius 2 is 2.00 bits per heavy atom. The molecule has 0 aliphatic heterocycles. The van der Waals surface area contributed by atoms with Crippen LogP contribution in [0.25, 0.3) is 5.69 Å². The zero-order chi connectivity index (χ0) is 12.6. The lowest BCUT2D eigenvalue weighted by Gasteiger charge is -2.07. The van der Waals surface area contributed by atoms with E-state index >= 15 is 0 Å². The van der Waals surface area contributed by atoms with Crippen molar-refractivity contribution in [3.63, 3.8) is 0 Å². The zero-order valence-corrected chi connectivity index (χ0v) is 9.99. The normalized spacial score (nSPS) is 10.6. The van der Waals surface area contributed by atoms with Crippen molar-refractivity contribution in [3.8, 4) is 5.69 Å². The van der Waals surface area contributed by atoms with E-state index in [-0.39, 0.29) is 5.56 Å². The second-order valence-electron chi connectivity index (χ2n) is 4.00. The van der Waals surface area contributed by atoms with E-state index in [1.807, 2.05) is 20.8 Å². The van der Waals surface area contributed by atoms with Crippen LogP contribution in [0.2, 0.25) is 0 Å². The molecule has 0 radical (unpaired) electrons. The van der Waals surface area contributed by atoms with E-state index in [9.17, 15) is 9.18 Å². The second-order valence-corrected chi connectivity index (χ2v) is 4.00. The molecule has 2 aromatic rings. The fourth-order valence-electron chi connectivity index (χ4n) is 1.78. The van der Waals surface area contributed by atoms with Crippen molar-refractivity contribution < 1.29 is 9.18 Å². The molecule has 0 amide bonds. The maximum absolute atomic E-state index is 13.5. The number of rotatable bonds is 2. The number of halogens is 1. The van der Waals surface area contributed by atoms with Gasteiger partial charge in [0, 0.05) is 5.69 Å². The van der Waals surface area contributed by atoms with Crippen LogP contribution in [0.5, 0.6) is 0 Å². The van der Waals surface area contributed by atoms with Crippen LogP contribution in [-0.2, 0) is 0 Å². The van der Waals surface area contributed by atoms with E-state index in [1.54, 1.807) is 16.8 Å². The van der Waals surface area contributed by atoms with Crippen molar-refractivity contribution in [1.29, 1.82) is 0 Å². The number of aryl methyl sites for hydroxylation is 1. The Morgan fingerprint density at radius 3 is 2.53 bits per heavy atom. The van der Waals surface area contributed by atoms with Crippen LogP contribution in [0.1, 0.15) is 27.3 Å². The fourth-order valence-corrected chi connectivity index (χ4v) is 1.78. The summed E-state index contributed by atoms with van der Waals surface area (Å²) in [6.45, 7) is 5.74. The summed E-state index contributed by atoms with van der Waals surface area (Å²) >= 11 is 0. The van der Waals surface area contributed by atoms with Gasteiger partial charge in [0.05, 0.1) is 16.9 Å². The Hall–Kier alpha value is -1.97. The number of benzene rings is 1. The molecule has 0 spiro atoms. The van der Waals surface area contributed by atoms with Gasteiger partial charge < -0.3 is 0 Å². The van der Waals surface area contributed by atoms with Gasteiger partial charge in [0.2, 0.25) is 0 Å². The molecule has 0 aliphatic carbocycles. The van der Waals surface area contributed by atoms with E-state index in [0.717, 1.165) is 17.0 Å². The van der Waals surface area contributed by atoms with Gasteiger partial charge in [0.25, 0.3) is 0 Å². The van der Waals surface area contributed by atoms with E-state index in [1.165, 1.54) is 6.07 Å². The van der Waals surface area contributed by atoms with Crippen LogP contribution in [0.15, 0.2) is 18.2 Å². The summed E-state index contributed by atoms with van der Waals surface area (Å²) < 4.78 is 15.1. The van der Waals surface area contributed by atoms with Crippen LogP contribution < -0.4 is 0 Å². The Balaban J connectivity index is 2.72. The monoisotopic (exact) mass is 232 g/mol. The Morgan fingerprint density at radius 1 is 1.29 bits per heavy atom. The van der Waals surface area contributed by atoms with Gasteiger partial charge in [0.15, 0.2) is 6.29 Å². The third kappa shape index (κ3) is 1.75. The molecule has 2 rings (SSSR count). The molecule has 0 bridgehead atoms. The van der Waals surface area contributed by atoms with E-state index in [0.29, 0.717) is 12.0 Å². The molecule has 1 aromatic carbocycles. The number of hydrogen-bond donors (Lipinski definition) is 0. The zero-order valence-electron chi connectivity index (χ0n) is 9.99. The van der Waals surface area contributed by atoms with Crippen LogP contribution in [0, 0.1) is 26.6 Å². The Labute approximate surface area is 98.9 Å². The first-order valence-electron chi connectivity index (χ1n) is 5.33. The molecular formula is C13H13FN2O. The molecule has 1 heterocycles. The molecule has 0 fully saturated rings. The van der Waals surface area contributed by atoms with Crippen molar-refractivity contribution >= 4 is 6.29 Å². The van der Waals surface area contributed by atoms with Crippen LogP contribution in [-0.4, -0.2) is 16.1 Å². The lowest BCUT2D eigenvalue weighted by Crippen LogP contribution is -2.05. The largest absolute Gasteiger partial charge is 0.298 e. The Kier molecular flexibility index (Phi) is 2.79. The van der Waals surface area contributed by atoms with E-state index < -0.39 is 5.82 Å². The van der Waals surface area contributed by atoms with Gasteiger partial charge in [0.1, 0.15) is 5.82 Å². The molecule has 17 heavy (non-hydrogen) atoms. The maximum Gasteiger partial charge on any atom is 0.155 e. The van der Waals surface area contributed by atoms with Gasteiger partial charge in [-0.3, -0.25) is 4.79 Å². The molecule has 4 heteroatoms. The molecule has 0 atom stereocenters. The first kappa shape index (κ1) is 11.5. The van der Waals surface area contributed by atoms with Crippen LogP contribution in [0.4, 0.5) is 4.39 Å². The first-order valence-corrected chi connectivity index (χ1v) is 5.33. The summed E-state index contributed by atoms with van der Waals surface area (Å²) in [6.07, 6.45) is 0.524. The molecule has 0 N–H and O–H groups in total. The number of aldehydes is 1. The minimum atomic E-state index is -0.525. The molecule has 0 saturated heterocycles. The van der Waals surface area contributed by atoms with Crippen molar-refractivity contribution in [2.75, 3.05) is 0 Å². The molecule has 88 valence electrons. The third-order valence-electron chi connectivity index (χ3n) is 3.03. The number of carbonyl (C=O) groups excluding carboxylic acids is 1. The van der Waals surface area contributed by atoms with Crippen molar-refractivity contribution in [1.82, 2.24) is 9.78 Å². The highest BCUT2D eigenvalue weighted by atomic mass is 19.1. The molecule has 0 aliphatic rings. The smallest absolute Gasteiger partial charge is 0.155 e. The standard InChI is InChI=1S/C13H13FN2O/c1-8-9(2)15-16(10(8)3)13-6-4-5-12(14)11(13)7-17/h4-7H,1-3H3. The summed E-state index contributed by atoms with van der Waals surface area (Å²) in [5, 5.41) is 4.32. The lowest BCUT2D eigenvalue weighted by atomic mass is 10.1. The maximum atomic E-state index is 13.5. The Bertz CT molecular complexity index is 587. The minimum Gasteiger partial charge on any atom is -0.298 e. The summed E-state index contributed by atoms with van der Waals surface area (Å²) in [5.41, 5.74) is 3.36. The van der Waals surface area contributed by atoms with Crippen LogP contribution in [0.3, 0.4) is 0 Å². The predicted octanol–water partition coefficient (Wildman–Crippen LogP) is 2.75. The van der Waals surface area contributed by atoms with Gasteiger partial charge in [-0.1, -0.05) is 6.07 Å². The molecule has 3 nitrogen and oxygen atoms in total. The van der Waals surface area contributed by atoms with Crippen LogP contribution >= 0.6 is 0 Å². The number of nitrogens with zero attached hydrogens (tertiary/aromatic N) is 2. The number of aromatic nitrogens is 2. The van der Waals surface area contributed by atoms with Crippen molar-refractivity contribution in [3.05, 3.63) is 46.5 Å². The highest BCUT2D eigenvalue weighted by Crippen LogP contribution is 2.20. The van der Waals surface area contributed by atoms with Gasteiger partial charge in [-0.2, -0.15) is 5.10 Å². The third-order valence-corrected chi connectivity index (χ3v) is 3.03. The van der Waals surface area contributed by atoms with Gasteiger partial charge in [-0.05, 0) is 38.5 Å². The quantitative estimate of drug-likeness (QED) is 0.746. The topological polar surface area (TPSA) is 34.9 Å². The van der Waals surface area contributed by atoms with E-state index in [2.05, 4.69) is 5.10 Å². The van der Waals surface area contributed by atoms with Crippen molar-refractivity contribution in [2.24, 2.45) is 0 Å². The first-order chi connectivity index (χ1) is 8.06. The lowest BCUT2D eigenvalue weighted by molar-refractivity contribution is 0.111. The summed E-state index contributed by atoms with van der Waals surface area (Å²) in [4.78, 5) is 10.9. The fraction of sp³-hybridized carbons (Fsp3) is 0.231. The average molecular weight is 232 g/mol. The molecular weight excluding hydrogens is 219 g/mol. The predicted molar refractivity (Wildman–Crippen MR) is 63.1 cm³/mol. The summed E-state index contributed by atoms with van der Waals surface area (Å²) in [5.74, 6) is -0.525. The number of carbonyl (C=O) groups is 1. The number of hydrogen-bond acceptors (Lipinski definition) is 2. The second kappa shape index (κ2) is 4.13. The highest BCUT2D eigenvalue weighted by molar-refractivity contribution is 5.81.